The van der Waals surface area contributed by atoms with E-state index in [1.807, 2.05) is 4.40 Å². The molecule has 6 heteroatoms. The Hall–Kier alpha value is -1.69. The van der Waals surface area contributed by atoms with Crippen molar-refractivity contribution in [3.05, 3.63) is 28.5 Å². The summed E-state index contributed by atoms with van der Waals surface area (Å²) in [6.45, 7) is 8.78. The molecule has 0 aliphatic carbocycles. The van der Waals surface area contributed by atoms with Crippen molar-refractivity contribution >= 4 is 38.4 Å². The third kappa shape index (κ3) is 2.49. The maximum absolute atomic E-state index is 4.93. The minimum absolute atomic E-state index is 0.411. The summed E-state index contributed by atoms with van der Waals surface area (Å²) in [6, 6.07) is 6.30. The molecule has 1 aliphatic heterocycles. The zero-order valence-corrected chi connectivity index (χ0v) is 15.3. The number of aryl methyl sites for hydroxylation is 1. The van der Waals surface area contributed by atoms with E-state index in [1.54, 1.807) is 0 Å². The second-order valence-electron chi connectivity index (χ2n) is 7.21. The molecule has 0 bridgehead atoms. The van der Waals surface area contributed by atoms with Gasteiger partial charge in [-0.25, -0.2) is 9.38 Å². The van der Waals surface area contributed by atoms with Gasteiger partial charge in [0.1, 0.15) is 0 Å². The Morgan fingerprint density at radius 3 is 2.61 bits per heavy atom. The van der Waals surface area contributed by atoms with Crippen molar-refractivity contribution in [1.82, 2.24) is 19.6 Å². The van der Waals surface area contributed by atoms with Gasteiger partial charge < -0.3 is 4.90 Å². The Balaban J connectivity index is 1.91. The number of piperidine rings is 1. The molecule has 2 aromatic heterocycles. The fraction of sp³-hybridized carbons (Fsp3) is 0.471. The number of aromatic nitrogens is 4. The van der Waals surface area contributed by atoms with Crippen LogP contribution >= 0.6 is 15.9 Å². The second kappa shape index (κ2) is 5.16. The summed E-state index contributed by atoms with van der Waals surface area (Å²) in [5, 5.41) is 9.64. The highest BCUT2D eigenvalue weighted by Gasteiger charge is 2.28. The molecule has 5 nitrogen and oxygen atoms in total. The molecule has 3 aromatic rings. The van der Waals surface area contributed by atoms with Crippen molar-refractivity contribution < 1.29 is 0 Å². The summed E-state index contributed by atoms with van der Waals surface area (Å²) in [6.07, 6.45) is 2.34. The van der Waals surface area contributed by atoms with Gasteiger partial charge in [0.05, 0.1) is 5.52 Å². The van der Waals surface area contributed by atoms with E-state index >= 15 is 0 Å². The van der Waals surface area contributed by atoms with Crippen LogP contribution in [0, 0.1) is 12.3 Å². The smallest absolute Gasteiger partial charge is 0.214 e. The first-order valence-corrected chi connectivity index (χ1v) is 8.80. The van der Waals surface area contributed by atoms with Crippen LogP contribution in [0.3, 0.4) is 0 Å². The van der Waals surface area contributed by atoms with E-state index in [0.717, 1.165) is 35.6 Å². The molecular formula is C17H20BrN5. The zero-order chi connectivity index (χ0) is 16.2. The summed E-state index contributed by atoms with van der Waals surface area (Å²) in [5.74, 6) is 0.934. The Morgan fingerprint density at radius 1 is 1.13 bits per heavy atom. The van der Waals surface area contributed by atoms with Crippen LogP contribution in [0.15, 0.2) is 22.9 Å². The minimum Gasteiger partial charge on any atom is -0.342 e. The summed E-state index contributed by atoms with van der Waals surface area (Å²) in [7, 11) is 0. The van der Waals surface area contributed by atoms with Gasteiger partial charge in [-0.1, -0.05) is 25.5 Å². The van der Waals surface area contributed by atoms with Gasteiger partial charge >= 0.3 is 0 Å². The molecule has 0 N–H and O–H groups in total. The van der Waals surface area contributed by atoms with E-state index in [2.05, 4.69) is 70.0 Å². The number of halogens is 1. The average molecular weight is 374 g/mol. The number of hydrogen-bond donors (Lipinski definition) is 0. The standard InChI is InChI=1S/C17H20BrN5/c1-11-4-5-13-12(10-11)14-20-21-15(18)23(14)16(19-13)22-8-6-17(2,3)7-9-22/h4-5,10H,6-9H2,1-3H3. The highest BCUT2D eigenvalue weighted by molar-refractivity contribution is 9.10. The van der Waals surface area contributed by atoms with Crippen LogP contribution in [0.25, 0.3) is 16.6 Å². The zero-order valence-electron chi connectivity index (χ0n) is 13.7. The Morgan fingerprint density at radius 2 is 1.87 bits per heavy atom. The first kappa shape index (κ1) is 14.9. The fourth-order valence-corrected chi connectivity index (χ4v) is 3.63. The molecule has 0 spiro atoms. The van der Waals surface area contributed by atoms with Gasteiger partial charge in [0.2, 0.25) is 10.7 Å². The van der Waals surface area contributed by atoms with Gasteiger partial charge in [-0.05, 0) is 53.2 Å². The molecule has 0 amide bonds. The third-order valence-electron chi connectivity index (χ3n) is 4.84. The monoisotopic (exact) mass is 373 g/mol. The van der Waals surface area contributed by atoms with E-state index in [0.29, 0.717) is 10.1 Å². The molecule has 1 aliphatic rings. The minimum atomic E-state index is 0.411. The number of benzene rings is 1. The topological polar surface area (TPSA) is 46.3 Å². The molecule has 23 heavy (non-hydrogen) atoms. The highest BCUT2D eigenvalue weighted by Crippen LogP contribution is 2.33. The van der Waals surface area contributed by atoms with E-state index in [4.69, 9.17) is 4.98 Å². The van der Waals surface area contributed by atoms with Crippen LogP contribution < -0.4 is 4.90 Å². The summed E-state index contributed by atoms with van der Waals surface area (Å²) in [5.41, 5.74) is 3.45. The largest absolute Gasteiger partial charge is 0.342 e. The van der Waals surface area contributed by atoms with Gasteiger partial charge in [-0.3, -0.25) is 0 Å². The molecule has 0 atom stereocenters. The van der Waals surface area contributed by atoms with Crippen molar-refractivity contribution in [2.75, 3.05) is 18.0 Å². The molecule has 1 saturated heterocycles. The molecular weight excluding hydrogens is 354 g/mol. The van der Waals surface area contributed by atoms with Gasteiger partial charge in [0, 0.05) is 18.5 Å². The third-order valence-corrected chi connectivity index (χ3v) is 5.35. The quantitative estimate of drug-likeness (QED) is 0.647. The van der Waals surface area contributed by atoms with Crippen LogP contribution in [-0.4, -0.2) is 32.7 Å². The van der Waals surface area contributed by atoms with Gasteiger partial charge in [0.25, 0.3) is 0 Å². The maximum atomic E-state index is 4.93. The molecule has 0 radical (unpaired) electrons. The lowest BCUT2D eigenvalue weighted by molar-refractivity contribution is 0.278. The molecule has 4 rings (SSSR count). The van der Waals surface area contributed by atoms with Crippen LogP contribution in [0.4, 0.5) is 5.95 Å². The molecule has 1 aromatic carbocycles. The van der Waals surface area contributed by atoms with Crippen LogP contribution in [0.5, 0.6) is 0 Å². The van der Waals surface area contributed by atoms with Crippen LogP contribution in [-0.2, 0) is 0 Å². The van der Waals surface area contributed by atoms with E-state index in [9.17, 15) is 0 Å². The van der Waals surface area contributed by atoms with Crippen molar-refractivity contribution in [3.63, 3.8) is 0 Å². The molecule has 3 heterocycles. The van der Waals surface area contributed by atoms with Gasteiger partial charge in [-0.2, -0.15) is 0 Å². The summed E-state index contributed by atoms with van der Waals surface area (Å²) >= 11 is 3.53. The SMILES string of the molecule is Cc1ccc2nc(N3CCC(C)(C)CC3)n3c(Br)nnc3c2c1. The van der Waals surface area contributed by atoms with Crippen molar-refractivity contribution in [2.24, 2.45) is 5.41 Å². The van der Waals surface area contributed by atoms with Crippen LogP contribution in [0.2, 0.25) is 0 Å². The van der Waals surface area contributed by atoms with Gasteiger partial charge in [-0.15, -0.1) is 10.2 Å². The van der Waals surface area contributed by atoms with Crippen molar-refractivity contribution in [2.45, 2.75) is 33.6 Å². The molecule has 1 fully saturated rings. The predicted molar refractivity (Wildman–Crippen MR) is 96.0 cm³/mol. The lowest BCUT2D eigenvalue weighted by atomic mass is 9.83. The number of hydrogen-bond acceptors (Lipinski definition) is 4. The average Bonchev–Trinajstić information content (AvgIpc) is 2.89. The number of rotatable bonds is 1. The summed E-state index contributed by atoms with van der Waals surface area (Å²) < 4.78 is 2.74. The fourth-order valence-electron chi connectivity index (χ4n) is 3.23. The predicted octanol–water partition coefficient (Wildman–Crippen LogP) is 3.97. The van der Waals surface area contributed by atoms with Crippen molar-refractivity contribution in [3.8, 4) is 0 Å². The summed E-state index contributed by atoms with van der Waals surface area (Å²) in [4.78, 5) is 7.28. The first-order chi connectivity index (χ1) is 10.9. The molecule has 0 saturated carbocycles. The van der Waals surface area contributed by atoms with E-state index in [1.165, 1.54) is 18.4 Å². The maximum Gasteiger partial charge on any atom is 0.214 e. The highest BCUT2D eigenvalue weighted by atomic mass is 79.9. The van der Waals surface area contributed by atoms with E-state index < -0.39 is 0 Å². The number of anilines is 1. The molecule has 120 valence electrons. The second-order valence-corrected chi connectivity index (χ2v) is 7.92. The Labute approximate surface area is 143 Å². The number of nitrogens with zero attached hydrogens (tertiary/aromatic N) is 5. The first-order valence-electron chi connectivity index (χ1n) is 8.01. The Kier molecular flexibility index (Phi) is 3.34. The lowest BCUT2D eigenvalue weighted by Gasteiger charge is -2.37. The normalized spacial score (nSPS) is 18.0. The van der Waals surface area contributed by atoms with Crippen molar-refractivity contribution in [1.29, 1.82) is 0 Å². The Bertz CT molecular complexity index is 889. The van der Waals surface area contributed by atoms with E-state index in [-0.39, 0.29) is 0 Å². The lowest BCUT2D eigenvalue weighted by Crippen LogP contribution is -2.38. The van der Waals surface area contributed by atoms with Crippen LogP contribution in [0.1, 0.15) is 32.3 Å². The van der Waals surface area contributed by atoms with Gasteiger partial charge in [0.15, 0.2) is 5.65 Å². The molecule has 0 unspecified atom stereocenters. The number of fused-ring (bicyclic) bond motifs is 3.